The van der Waals surface area contributed by atoms with Gasteiger partial charge in [-0.1, -0.05) is 20.8 Å². The van der Waals surface area contributed by atoms with Gasteiger partial charge in [0.25, 0.3) is 0 Å². The monoisotopic (exact) mass is 374 g/mol. The standard InChI is InChI=1S/C18H38N4O2S/c1-6-21(7-2)12-13-22(8-3)11-10-19-18(24)15-25-14-9-17(23)20-16(4)5/h16H,6-15H2,1-5H3,(H,19,24)(H,20,23). The van der Waals surface area contributed by atoms with Gasteiger partial charge in [0.05, 0.1) is 5.75 Å². The molecule has 0 spiro atoms. The fraction of sp³-hybridized carbons (Fsp3) is 0.889. The summed E-state index contributed by atoms with van der Waals surface area (Å²) >= 11 is 1.51. The summed E-state index contributed by atoms with van der Waals surface area (Å²) in [4.78, 5) is 28.1. The van der Waals surface area contributed by atoms with Crippen LogP contribution in [0.3, 0.4) is 0 Å². The summed E-state index contributed by atoms with van der Waals surface area (Å²) < 4.78 is 0. The predicted octanol–water partition coefficient (Wildman–Crippen LogP) is 1.41. The summed E-state index contributed by atoms with van der Waals surface area (Å²) in [6.07, 6.45) is 0.463. The van der Waals surface area contributed by atoms with Crippen molar-refractivity contribution >= 4 is 23.6 Å². The van der Waals surface area contributed by atoms with Gasteiger partial charge in [0.1, 0.15) is 0 Å². The van der Waals surface area contributed by atoms with Crippen LogP contribution in [0.5, 0.6) is 0 Å². The maximum atomic E-state index is 11.8. The average Bonchev–Trinajstić information content (AvgIpc) is 2.57. The zero-order valence-corrected chi connectivity index (χ0v) is 17.6. The van der Waals surface area contributed by atoms with E-state index in [0.717, 1.165) is 39.3 Å². The van der Waals surface area contributed by atoms with Crippen LogP contribution in [0, 0.1) is 0 Å². The minimum Gasteiger partial charge on any atom is -0.354 e. The summed E-state index contributed by atoms with van der Waals surface area (Å²) in [6, 6.07) is 0.170. The van der Waals surface area contributed by atoms with Crippen LogP contribution < -0.4 is 10.6 Å². The molecule has 2 amide bonds. The minimum atomic E-state index is 0.0501. The van der Waals surface area contributed by atoms with Crippen LogP contribution >= 0.6 is 11.8 Å². The van der Waals surface area contributed by atoms with E-state index in [1.165, 1.54) is 11.8 Å². The lowest BCUT2D eigenvalue weighted by Gasteiger charge is -2.25. The number of nitrogens with zero attached hydrogens (tertiary/aromatic N) is 2. The van der Waals surface area contributed by atoms with Gasteiger partial charge in [-0.05, 0) is 33.5 Å². The van der Waals surface area contributed by atoms with E-state index in [2.05, 4.69) is 41.2 Å². The van der Waals surface area contributed by atoms with Crippen LogP contribution in [0.1, 0.15) is 41.0 Å². The van der Waals surface area contributed by atoms with Gasteiger partial charge in [-0.25, -0.2) is 0 Å². The number of hydrogen-bond donors (Lipinski definition) is 2. The lowest BCUT2D eigenvalue weighted by atomic mass is 10.3. The SMILES string of the molecule is CCN(CC)CCN(CC)CCNC(=O)CSCCC(=O)NC(C)C. The zero-order valence-electron chi connectivity index (χ0n) is 16.8. The van der Waals surface area contributed by atoms with Crippen molar-refractivity contribution in [3.05, 3.63) is 0 Å². The molecule has 0 aromatic rings. The molecule has 0 rings (SSSR count). The molecule has 2 N–H and O–H groups in total. The van der Waals surface area contributed by atoms with Crippen molar-refractivity contribution in [2.45, 2.75) is 47.1 Å². The maximum Gasteiger partial charge on any atom is 0.230 e. The molecule has 0 saturated heterocycles. The van der Waals surface area contributed by atoms with Crippen LogP contribution in [0.2, 0.25) is 0 Å². The van der Waals surface area contributed by atoms with Crippen LogP contribution in [0.25, 0.3) is 0 Å². The smallest absolute Gasteiger partial charge is 0.230 e. The number of nitrogens with one attached hydrogen (secondary N) is 2. The normalized spacial score (nSPS) is 11.4. The Bertz CT molecular complexity index is 363. The molecule has 148 valence electrons. The van der Waals surface area contributed by atoms with Gasteiger partial charge in [0, 0.05) is 44.4 Å². The fourth-order valence-electron chi connectivity index (χ4n) is 2.38. The second-order valence-corrected chi connectivity index (χ2v) is 7.44. The molecule has 0 bridgehead atoms. The van der Waals surface area contributed by atoms with Gasteiger partial charge < -0.3 is 20.4 Å². The molecule has 0 atom stereocenters. The number of amides is 2. The van der Waals surface area contributed by atoms with Gasteiger partial charge in [0.2, 0.25) is 11.8 Å². The summed E-state index contributed by atoms with van der Waals surface area (Å²) in [7, 11) is 0. The Labute approximate surface area is 158 Å². The molecule has 0 aliphatic heterocycles. The molecule has 0 aliphatic rings. The van der Waals surface area contributed by atoms with Crippen LogP contribution in [-0.2, 0) is 9.59 Å². The van der Waals surface area contributed by atoms with Gasteiger partial charge in [0.15, 0.2) is 0 Å². The van der Waals surface area contributed by atoms with Crippen LogP contribution in [-0.4, -0.2) is 85.0 Å². The van der Waals surface area contributed by atoms with E-state index in [1.807, 2.05) is 13.8 Å². The Balaban J connectivity index is 3.74. The van der Waals surface area contributed by atoms with Crippen molar-refractivity contribution in [2.24, 2.45) is 0 Å². The highest BCUT2D eigenvalue weighted by Crippen LogP contribution is 2.02. The highest BCUT2D eigenvalue weighted by molar-refractivity contribution is 7.99. The van der Waals surface area contributed by atoms with E-state index in [9.17, 15) is 9.59 Å². The first kappa shape index (κ1) is 24.2. The summed E-state index contributed by atoms with van der Waals surface area (Å²) in [5, 5.41) is 5.82. The number of carbonyl (C=O) groups excluding carboxylic acids is 2. The number of carbonyl (C=O) groups is 2. The molecule has 0 heterocycles. The number of likely N-dealkylation sites (N-methyl/N-ethyl adjacent to an activating group) is 2. The molecular weight excluding hydrogens is 336 g/mol. The van der Waals surface area contributed by atoms with E-state index in [4.69, 9.17) is 0 Å². The van der Waals surface area contributed by atoms with Crippen molar-refractivity contribution in [3.63, 3.8) is 0 Å². The van der Waals surface area contributed by atoms with Crippen LogP contribution in [0.15, 0.2) is 0 Å². The van der Waals surface area contributed by atoms with Crippen LogP contribution in [0.4, 0.5) is 0 Å². The third-order valence-corrected chi connectivity index (χ3v) is 4.94. The third kappa shape index (κ3) is 14.1. The molecule has 0 radical (unpaired) electrons. The van der Waals surface area contributed by atoms with Gasteiger partial charge in [-0.15, -0.1) is 0 Å². The van der Waals surface area contributed by atoms with Gasteiger partial charge in [-0.2, -0.15) is 11.8 Å². The topological polar surface area (TPSA) is 64.7 Å². The summed E-state index contributed by atoms with van der Waals surface area (Å²) in [6.45, 7) is 17.2. The molecule has 7 heteroatoms. The van der Waals surface area contributed by atoms with Gasteiger partial charge in [-0.3, -0.25) is 9.59 Å². The Hall–Kier alpha value is -0.790. The van der Waals surface area contributed by atoms with Crippen molar-refractivity contribution in [1.29, 1.82) is 0 Å². The quantitative estimate of drug-likeness (QED) is 0.424. The fourth-order valence-corrected chi connectivity index (χ4v) is 3.14. The molecule has 0 aromatic heterocycles. The molecule has 6 nitrogen and oxygen atoms in total. The summed E-state index contributed by atoms with van der Waals surface area (Å²) in [5.74, 6) is 1.20. The van der Waals surface area contributed by atoms with Crippen molar-refractivity contribution < 1.29 is 9.59 Å². The summed E-state index contributed by atoms with van der Waals surface area (Å²) in [5.41, 5.74) is 0. The van der Waals surface area contributed by atoms with Crippen molar-refractivity contribution in [1.82, 2.24) is 20.4 Å². The van der Waals surface area contributed by atoms with E-state index in [-0.39, 0.29) is 17.9 Å². The average molecular weight is 375 g/mol. The molecular formula is C18H38N4O2S. The Kier molecular flexibility index (Phi) is 15.0. The Morgan fingerprint density at radius 3 is 2.08 bits per heavy atom. The maximum absolute atomic E-state index is 11.8. The largest absolute Gasteiger partial charge is 0.354 e. The minimum absolute atomic E-state index is 0.0501. The lowest BCUT2D eigenvalue weighted by molar-refractivity contribution is -0.121. The third-order valence-electron chi connectivity index (χ3n) is 3.98. The number of thioether (sulfide) groups is 1. The van der Waals surface area contributed by atoms with Gasteiger partial charge >= 0.3 is 0 Å². The second kappa shape index (κ2) is 15.5. The highest BCUT2D eigenvalue weighted by atomic mass is 32.2. The number of rotatable bonds is 15. The van der Waals surface area contributed by atoms with E-state index in [0.29, 0.717) is 24.5 Å². The van der Waals surface area contributed by atoms with E-state index < -0.39 is 0 Å². The first-order chi connectivity index (χ1) is 11.9. The molecule has 0 fully saturated rings. The Morgan fingerprint density at radius 1 is 0.920 bits per heavy atom. The Morgan fingerprint density at radius 2 is 1.52 bits per heavy atom. The molecule has 0 saturated carbocycles. The molecule has 0 unspecified atom stereocenters. The molecule has 25 heavy (non-hydrogen) atoms. The lowest BCUT2D eigenvalue weighted by Crippen LogP contribution is -2.39. The molecule has 0 aromatic carbocycles. The second-order valence-electron chi connectivity index (χ2n) is 6.34. The first-order valence-corrected chi connectivity index (χ1v) is 10.7. The first-order valence-electron chi connectivity index (χ1n) is 9.51. The van der Waals surface area contributed by atoms with Crippen molar-refractivity contribution in [2.75, 3.05) is 57.3 Å². The van der Waals surface area contributed by atoms with E-state index >= 15 is 0 Å². The van der Waals surface area contributed by atoms with E-state index in [1.54, 1.807) is 0 Å². The number of hydrogen-bond acceptors (Lipinski definition) is 5. The zero-order chi connectivity index (χ0) is 19.1. The highest BCUT2D eigenvalue weighted by Gasteiger charge is 2.08. The predicted molar refractivity (Wildman–Crippen MR) is 108 cm³/mol. The molecule has 0 aliphatic carbocycles. The van der Waals surface area contributed by atoms with Crippen molar-refractivity contribution in [3.8, 4) is 0 Å².